The van der Waals surface area contributed by atoms with Crippen molar-refractivity contribution in [2.45, 2.75) is 57.8 Å². The van der Waals surface area contributed by atoms with Crippen LogP contribution >= 0.6 is 11.6 Å². The van der Waals surface area contributed by atoms with E-state index in [1.54, 1.807) is 0 Å². The van der Waals surface area contributed by atoms with Crippen molar-refractivity contribution in [2.75, 3.05) is 24.2 Å². The highest BCUT2D eigenvalue weighted by Gasteiger charge is 2.43. The lowest BCUT2D eigenvalue weighted by Crippen LogP contribution is -2.30. The maximum atomic E-state index is 11.6. The van der Waals surface area contributed by atoms with Crippen LogP contribution in [0, 0.1) is 0 Å². The standard InChI is InChI=1S/C33H37ClN2O3S/c1-32(2)25-13-6-8-15-27(25)35(5)29(32)19-17-23-11-10-12-24(31(23)34)18-20-30-33(3,4)26-14-7-9-16-28(26)36(30)21-22-40(37,38)39/h6-9,13-20H,10-12,21-22H2,1-5H3/p+1. The molecule has 1 N–H and O–H groups in total. The number of allylic oxidation sites excluding steroid dienone is 8. The van der Waals surface area contributed by atoms with E-state index < -0.39 is 10.1 Å². The molecule has 5 nitrogen and oxygen atoms in total. The third kappa shape index (κ3) is 5.13. The lowest BCUT2D eigenvalue weighted by molar-refractivity contribution is -0.401. The fourth-order valence-corrected chi connectivity index (χ4v) is 7.19. The number of nitrogens with zero attached hydrogens (tertiary/aromatic N) is 2. The topological polar surface area (TPSA) is 60.6 Å². The Morgan fingerprint density at radius 3 is 2.33 bits per heavy atom. The molecule has 0 radical (unpaired) electrons. The Labute approximate surface area is 243 Å². The first-order valence-corrected chi connectivity index (χ1v) is 15.8. The van der Waals surface area contributed by atoms with Crippen LogP contribution in [0.5, 0.6) is 0 Å². The Hall–Kier alpha value is -2.93. The van der Waals surface area contributed by atoms with E-state index in [4.69, 9.17) is 11.6 Å². The van der Waals surface area contributed by atoms with E-state index in [2.05, 4.69) is 94.0 Å². The predicted molar refractivity (Wildman–Crippen MR) is 166 cm³/mol. The number of hydrogen-bond acceptors (Lipinski definition) is 3. The quantitative estimate of drug-likeness (QED) is 0.287. The van der Waals surface area contributed by atoms with Crippen molar-refractivity contribution in [3.05, 3.63) is 106 Å². The zero-order valence-electron chi connectivity index (χ0n) is 23.9. The van der Waals surface area contributed by atoms with Gasteiger partial charge in [0.2, 0.25) is 5.69 Å². The third-order valence-electron chi connectivity index (χ3n) is 8.65. The minimum Gasteiger partial charge on any atom is -0.343 e. The molecule has 0 aromatic heterocycles. The second kappa shape index (κ2) is 10.5. The van der Waals surface area contributed by atoms with Crippen molar-refractivity contribution >= 4 is 38.8 Å². The molecule has 210 valence electrons. The molecule has 0 spiro atoms. The van der Waals surface area contributed by atoms with Crippen LogP contribution in [0.1, 0.15) is 58.1 Å². The van der Waals surface area contributed by atoms with Gasteiger partial charge in [0.25, 0.3) is 10.1 Å². The first kappa shape index (κ1) is 28.6. The molecule has 0 saturated carbocycles. The molecule has 0 saturated heterocycles. The number of halogens is 1. The summed E-state index contributed by atoms with van der Waals surface area (Å²) in [5.41, 5.74) is 8.67. The van der Waals surface area contributed by atoms with Crippen LogP contribution in [0.2, 0.25) is 0 Å². The Morgan fingerprint density at radius 2 is 1.62 bits per heavy atom. The van der Waals surface area contributed by atoms with Gasteiger partial charge in [-0.3, -0.25) is 4.55 Å². The number of anilines is 1. The van der Waals surface area contributed by atoms with E-state index in [9.17, 15) is 13.0 Å². The molecule has 0 unspecified atom stereocenters. The minimum atomic E-state index is -4.10. The average Bonchev–Trinajstić information content (AvgIpc) is 3.24. The van der Waals surface area contributed by atoms with Crippen molar-refractivity contribution in [1.29, 1.82) is 0 Å². The van der Waals surface area contributed by atoms with E-state index in [1.807, 2.05) is 23.1 Å². The van der Waals surface area contributed by atoms with Gasteiger partial charge in [0.1, 0.15) is 7.05 Å². The second-order valence-corrected chi connectivity index (χ2v) is 13.9. The molecule has 0 amide bonds. The monoisotopic (exact) mass is 577 g/mol. The Morgan fingerprint density at radius 1 is 0.950 bits per heavy atom. The maximum Gasteiger partial charge on any atom is 0.266 e. The van der Waals surface area contributed by atoms with Crippen molar-refractivity contribution in [3.8, 4) is 0 Å². The predicted octanol–water partition coefficient (Wildman–Crippen LogP) is 7.42. The number of rotatable bonds is 6. The summed E-state index contributed by atoms with van der Waals surface area (Å²) in [5.74, 6) is -0.339. The Kier molecular flexibility index (Phi) is 7.49. The summed E-state index contributed by atoms with van der Waals surface area (Å²) >= 11 is 7.02. The summed E-state index contributed by atoms with van der Waals surface area (Å²) < 4.78 is 34.9. The molecule has 0 atom stereocenters. The lowest BCUT2D eigenvalue weighted by Gasteiger charge is -2.27. The van der Waals surface area contributed by atoms with Gasteiger partial charge in [-0.15, -0.1) is 0 Å². The van der Waals surface area contributed by atoms with Gasteiger partial charge >= 0.3 is 0 Å². The van der Waals surface area contributed by atoms with Crippen molar-refractivity contribution in [1.82, 2.24) is 0 Å². The number of para-hydroxylation sites is 2. The van der Waals surface area contributed by atoms with E-state index >= 15 is 0 Å². The van der Waals surface area contributed by atoms with E-state index in [0.29, 0.717) is 0 Å². The molecule has 2 aromatic carbocycles. The molecule has 2 aliphatic heterocycles. The summed E-state index contributed by atoms with van der Waals surface area (Å²) in [6, 6.07) is 16.6. The highest BCUT2D eigenvalue weighted by molar-refractivity contribution is 7.85. The van der Waals surface area contributed by atoms with Crippen LogP contribution in [0.4, 0.5) is 11.4 Å². The first-order chi connectivity index (χ1) is 18.8. The SMILES string of the molecule is C[N+]1=C(C=CC2=C(Cl)C(=CC=C3N(CCS(=O)(=O)O)c4ccccc4C3(C)C)CCC2)C(C)(C)c2ccccc21. The molecule has 2 heterocycles. The van der Waals surface area contributed by atoms with Crippen LogP contribution in [0.15, 0.2) is 94.7 Å². The number of benzene rings is 2. The van der Waals surface area contributed by atoms with Gasteiger partial charge in [0.15, 0.2) is 5.71 Å². The minimum absolute atomic E-state index is 0.0960. The first-order valence-electron chi connectivity index (χ1n) is 13.8. The zero-order valence-corrected chi connectivity index (χ0v) is 25.5. The summed E-state index contributed by atoms with van der Waals surface area (Å²) in [6.45, 7) is 8.99. The van der Waals surface area contributed by atoms with Gasteiger partial charge in [0, 0.05) is 46.1 Å². The molecular weight excluding hydrogens is 540 g/mol. The molecule has 0 bridgehead atoms. The fourth-order valence-electron chi connectivity index (χ4n) is 6.46. The smallest absolute Gasteiger partial charge is 0.266 e. The van der Waals surface area contributed by atoms with Gasteiger partial charge in [-0.2, -0.15) is 13.0 Å². The molecule has 0 fully saturated rings. The molecular formula is C33H38ClN2O3S+. The van der Waals surface area contributed by atoms with Crippen LogP contribution in [-0.4, -0.2) is 42.6 Å². The third-order valence-corrected chi connectivity index (χ3v) is 9.84. The molecule has 5 rings (SSSR count). The summed E-state index contributed by atoms with van der Waals surface area (Å²) in [5, 5.41) is 0.786. The van der Waals surface area contributed by atoms with Gasteiger partial charge in [-0.1, -0.05) is 74.0 Å². The van der Waals surface area contributed by atoms with Crippen molar-refractivity contribution in [3.63, 3.8) is 0 Å². The highest BCUT2D eigenvalue weighted by atomic mass is 35.5. The van der Waals surface area contributed by atoms with Crippen LogP contribution in [-0.2, 0) is 20.9 Å². The summed E-state index contributed by atoms with van der Waals surface area (Å²) in [7, 11) is -1.97. The van der Waals surface area contributed by atoms with E-state index in [1.165, 1.54) is 17.0 Å². The number of hydrogen-bond donors (Lipinski definition) is 1. The molecule has 2 aromatic rings. The number of fused-ring (bicyclic) bond motifs is 2. The lowest BCUT2D eigenvalue weighted by atomic mass is 9.81. The van der Waals surface area contributed by atoms with Crippen molar-refractivity contribution in [2.24, 2.45) is 0 Å². The highest BCUT2D eigenvalue weighted by Crippen LogP contribution is 2.48. The van der Waals surface area contributed by atoms with Gasteiger partial charge in [-0.05, 0) is 62.0 Å². The fraction of sp³-hybridized carbons (Fsp3) is 0.364. The van der Waals surface area contributed by atoms with Gasteiger partial charge in [-0.25, -0.2) is 0 Å². The molecule has 1 aliphatic carbocycles. The second-order valence-electron chi connectivity index (χ2n) is 11.9. The van der Waals surface area contributed by atoms with Gasteiger partial charge in [0.05, 0.1) is 11.2 Å². The summed E-state index contributed by atoms with van der Waals surface area (Å²) in [4.78, 5) is 2.01. The van der Waals surface area contributed by atoms with Crippen LogP contribution in [0.3, 0.4) is 0 Å². The summed E-state index contributed by atoms with van der Waals surface area (Å²) in [6.07, 6.45) is 11.4. The Balaban J connectivity index is 1.48. The van der Waals surface area contributed by atoms with Crippen LogP contribution < -0.4 is 4.90 Å². The van der Waals surface area contributed by atoms with E-state index in [-0.39, 0.29) is 23.1 Å². The van der Waals surface area contributed by atoms with E-state index in [0.717, 1.165) is 52.4 Å². The Bertz CT molecular complexity index is 1620. The molecule has 3 aliphatic rings. The maximum absolute atomic E-state index is 11.6. The van der Waals surface area contributed by atoms with Gasteiger partial charge < -0.3 is 4.90 Å². The average molecular weight is 578 g/mol. The normalized spacial score (nSPS) is 22.1. The largest absolute Gasteiger partial charge is 0.343 e. The van der Waals surface area contributed by atoms with Crippen molar-refractivity contribution < 1.29 is 17.5 Å². The zero-order chi connectivity index (χ0) is 28.9. The molecule has 40 heavy (non-hydrogen) atoms. The van der Waals surface area contributed by atoms with Crippen LogP contribution in [0.25, 0.3) is 0 Å². The molecule has 7 heteroatoms.